The van der Waals surface area contributed by atoms with Gasteiger partial charge in [0.25, 0.3) is 5.91 Å². The Bertz CT molecular complexity index is 741. The fourth-order valence-electron chi connectivity index (χ4n) is 3.57. The summed E-state index contributed by atoms with van der Waals surface area (Å²) in [6, 6.07) is 1.72. The topological polar surface area (TPSA) is 82.2 Å². The quantitative estimate of drug-likeness (QED) is 0.916. The molecule has 2 aliphatic rings. The van der Waals surface area contributed by atoms with Gasteiger partial charge in [-0.3, -0.25) is 14.7 Å². The molecule has 0 bridgehead atoms. The number of hydrogen-bond donors (Lipinski definition) is 1. The normalized spacial score (nSPS) is 23.6. The van der Waals surface area contributed by atoms with E-state index >= 15 is 0 Å². The minimum Gasteiger partial charge on any atom is -0.332 e. The molecule has 2 amide bonds. The van der Waals surface area contributed by atoms with Crippen LogP contribution in [0.25, 0.3) is 0 Å². The summed E-state index contributed by atoms with van der Waals surface area (Å²) in [4.78, 5) is 33.1. The van der Waals surface area contributed by atoms with Crippen LogP contribution < -0.4 is 0 Å². The van der Waals surface area contributed by atoms with Crippen LogP contribution in [-0.2, 0) is 11.3 Å². The molecule has 0 spiro atoms. The number of likely N-dealkylation sites (tertiary alicyclic amines) is 2. The number of fused-ring (bicyclic) bond motifs is 1. The van der Waals surface area contributed by atoms with Crippen LogP contribution in [0.4, 0.5) is 0 Å². The third-order valence-corrected chi connectivity index (χ3v) is 5.43. The number of amides is 2. The minimum absolute atomic E-state index is 0.0435. The number of carbonyl (C=O) groups excluding carboxylic acids is 2. The molecule has 4 rings (SSSR count). The van der Waals surface area contributed by atoms with E-state index in [1.165, 1.54) is 0 Å². The molecule has 23 heavy (non-hydrogen) atoms. The van der Waals surface area contributed by atoms with Crippen LogP contribution in [-0.4, -0.2) is 55.4 Å². The Hall–Kier alpha value is -2.22. The van der Waals surface area contributed by atoms with Crippen LogP contribution in [0.3, 0.4) is 0 Å². The number of nitrogens with one attached hydrogen (secondary N) is 1. The zero-order chi connectivity index (χ0) is 16.0. The lowest BCUT2D eigenvalue weighted by atomic mass is 10.1. The lowest BCUT2D eigenvalue weighted by Crippen LogP contribution is -2.39. The molecule has 1 N–H and O–H groups in total. The maximum atomic E-state index is 12.5. The van der Waals surface area contributed by atoms with Gasteiger partial charge < -0.3 is 9.80 Å². The van der Waals surface area contributed by atoms with Gasteiger partial charge in [-0.25, -0.2) is 4.98 Å². The number of aromatic nitrogens is 3. The fourth-order valence-corrected chi connectivity index (χ4v) is 4.17. The first-order valence-corrected chi connectivity index (χ1v) is 8.52. The highest BCUT2D eigenvalue weighted by atomic mass is 32.1. The maximum absolute atomic E-state index is 12.5. The van der Waals surface area contributed by atoms with Crippen molar-refractivity contribution in [2.75, 3.05) is 6.54 Å². The van der Waals surface area contributed by atoms with E-state index in [9.17, 15) is 9.59 Å². The summed E-state index contributed by atoms with van der Waals surface area (Å²) in [7, 11) is 0. The summed E-state index contributed by atoms with van der Waals surface area (Å²) < 4.78 is 0. The van der Waals surface area contributed by atoms with Crippen LogP contribution in [0, 0.1) is 6.92 Å². The number of thiazole rings is 1. The van der Waals surface area contributed by atoms with Crippen molar-refractivity contribution in [3.63, 3.8) is 0 Å². The molecule has 2 aliphatic heterocycles. The number of aryl methyl sites for hydroxylation is 1. The molecular weight excluding hydrogens is 314 g/mol. The van der Waals surface area contributed by atoms with Crippen molar-refractivity contribution in [2.45, 2.75) is 38.4 Å². The van der Waals surface area contributed by atoms with E-state index in [2.05, 4.69) is 15.2 Å². The Morgan fingerprint density at radius 3 is 3.04 bits per heavy atom. The number of rotatable bonds is 3. The van der Waals surface area contributed by atoms with Crippen molar-refractivity contribution in [1.29, 1.82) is 0 Å². The van der Waals surface area contributed by atoms with Crippen molar-refractivity contribution in [3.05, 3.63) is 34.0 Å². The zero-order valence-electron chi connectivity index (χ0n) is 12.7. The molecule has 2 saturated heterocycles. The second-order valence-electron chi connectivity index (χ2n) is 5.98. The monoisotopic (exact) mass is 331 g/mol. The van der Waals surface area contributed by atoms with E-state index in [0.29, 0.717) is 25.2 Å². The molecule has 2 aromatic rings. The first-order valence-electron chi connectivity index (χ1n) is 7.64. The summed E-state index contributed by atoms with van der Waals surface area (Å²) in [6.45, 7) is 3.17. The predicted molar refractivity (Wildman–Crippen MR) is 83.8 cm³/mol. The molecule has 0 aliphatic carbocycles. The summed E-state index contributed by atoms with van der Waals surface area (Å²) >= 11 is 1.59. The second kappa shape index (κ2) is 5.45. The van der Waals surface area contributed by atoms with Crippen molar-refractivity contribution < 1.29 is 9.59 Å². The molecule has 120 valence electrons. The summed E-state index contributed by atoms with van der Waals surface area (Å²) in [5, 5.41) is 9.55. The smallest absolute Gasteiger partial charge is 0.272 e. The molecule has 0 saturated carbocycles. The maximum Gasteiger partial charge on any atom is 0.272 e. The van der Waals surface area contributed by atoms with Crippen LogP contribution in [0.15, 0.2) is 17.6 Å². The van der Waals surface area contributed by atoms with Gasteiger partial charge in [0.2, 0.25) is 5.91 Å². The number of aromatic amines is 1. The average Bonchev–Trinajstić information content (AvgIpc) is 3.27. The Morgan fingerprint density at radius 2 is 2.35 bits per heavy atom. The van der Waals surface area contributed by atoms with Gasteiger partial charge in [-0.05, 0) is 19.4 Å². The van der Waals surface area contributed by atoms with Gasteiger partial charge in [0, 0.05) is 24.5 Å². The Labute approximate surface area is 137 Å². The van der Waals surface area contributed by atoms with Gasteiger partial charge in [0.15, 0.2) is 0 Å². The van der Waals surface area contributed by atoms with Gasteiger partial charge in [-0.1, -0.05) is 0 Å². The van der Waals surface area contributed by atoms with Crippen LogP contribution >= 0.6 is 11.3 Å². The van der Waals surface area contributed by atoms with Crippen LogP contribution in [0.2, 0.25) is 0 Å². The van der Waals surface area contributed by atoms with Gasteiger partial charge >= 0.3 is 0 Å². The van der Waals surface area contributed by atoms with Crippen molar-refractivity contribution >= 4 is 23.2 Å². The number of H-pyrrole nitrogens is 1. The Morgan fingerprint density at radius 1 is 1.48 bits per heavy atom. The first-order chi connectivity index (χ1) is 11.1. The zero-order valence-corrected chi connectivity index (χ0v) is 13.5. The molecule has 2 atom stereocenters. The highest BCUT2D eigenvalue weighted by molar-refractivity contribution is 7.09. The lowest BCUT2D eigenvalue weighted by Gasteiger charge is -2.24. The van der Waals surface area contributed by atoms with Gasteiger partial charge in [-0.2, -0.15) is 5.10 Å². The van der Waals surface area contributed by atoms with Crippen molar-refractivity contribution in [3.8, 4) is 0 Å². The fraction of sp³-hybridized carbons (Fsp3) is 0.467. The third-order valence-electron chi connectivity index (χ3n) is 4.61. The van der Waals surface area contributed by atoms with E-state index in [4.69, 9.17) is 0 Å². The molecule has 4 heterocycles. The number of carbonyl (C=O) groups is 2. The molecule has 0 aromatic carbocycles. The number of nitrogens with zero attached hydrogens (tertiary/aromatic N) is 4. The second-order valence-corrected chi connectivity index (χ2v) is 7.04. The third kappa shape index (κ3) is 2.42. The standard InChI is InChI=1S/C15H17N5O2S/c1-9-17-10(8-23-9)7-20-12-3-5-19(13(12)6-14(20)21)15(22)11-2-4-16-18-11/h2,4,8,12-13H,3,5-7H2,1H3,(H,16,18)/t12-,13+/m1/s1. The molecule has 7 nitrogen and oxygen atoms in total. The average molecular weight is 331 g/mol. The number of hydrogen-bond acceptors (Lipinski definition) is 5. The van der Waals surface area contributed by atoms with E-state index in [1.807, 2.05) is 22.1 Å². The lowest BCUT2D eigenvalue weighted by molar-refractivity contribution is -0.129. The molecule has 8 heteroatoms. The predicted octanol–water partition coefficient (Wildman–Crippen LogP) is 1.19. The molecule has 2 aromatic heterocycles. The summed E-state index contributed by atoms with van der Waals surface area (Å²) in [5.74, 6) is 0.0296. The van der Waals surface area contributed by atoms with Gasteiger partial charge in [0.05, 0.1) is 29.3 Å². The molecule has 2 fully saturated rings. The highest BCUT2D eigenvalue weighted by Gasteiger charge is 2.48. The minimum atomic E-state index is -0.0749. The summed E-state index contributed by atoms with van der Waals surface area (Å²) in [5.41, 5.74) is 1.41. The molecule has 0 unspecified atom stereocenters. The molecule has 0 radical (unpaired) electrons. The first kappa shape index (κ1) is 14.4. The largest absolute Gasteiger partial charge is 0.332 e. The van der Waals surface area contributed by atoms with Gasteiger partial charge in [-0.15, -0.1) is 11.3 Å². The highest BCUT2D eigenvalue weighted by Crippen LogP contribution is 2.34. The van der Waals surface area contributed by atoms with Crippen LogP contribution in [0.1, 0.15) is 34.0 Å². The van der Waals surface area contributed by atoms with Crippen molar-refractivity contribution in [2.24, 2.45) is 0 Å². The van der Waals surface area contributed by atoms with Crippen LogP contribution in [0.5, 0.6) is 0 Å². The SMILES string of the molecule is Cc1nc(CN2C(=O)C[C@H]3[C@H]2CCN3C(=O)c2ccn[nH]2)cs1. The van der Waals surface area contributed by atoms with E-state index in [0.717, 1.165) is 17.1 Å². The van der Waals surface area contributed by atoms with Crippen molar-refractivity contribution in [1.82, 2.24) is 25.0 Å². The van der Waals surface area contributed by atoms with E-state index < -0.39 is 0 Å². The molecular formula is C15H17N5O2S. The van der Waals surface area contributed by atoms with E-state index in [-0.39, 0.29) is 23.9 Å². The Balaban J connectivity index is 1.52. The van der Waals surface area contributed by atoms with E-state index in [1.54, 1.807) is 23.6 Å². The van der Waals surface area contributed by atoms with Gasteiger partial charge in [0.1, 0.15) is 5.69 Å². The Kier molecular flexibility index (Phi) is 3.41. The summed E-state index contributed by atoms with van der Waals surface area (Å²) in [6.07, 6.45) is 2.78.